The lowest BCUT2D eigenvalue weighted by Gasteiger charge is -2.35. The number of halogens is 2. The van der Waals surface area contributed by atoms with Crippen molar-refractivity contribution in [2.45, 2.75) is 52.6 Å². The Hall–Kier alpha value is -7.99. The van der Waals surface area contributed by atoms with Gasteiger partial charge in [-0.3, -0.25) is 9.69 Å². The van der Waals surface area contributed by atoms with Gasteiger partial charge in [-0.15, -0.1) is 11.3 Å². The third kappa shape index (κ3) is 12.0. The van der Waals surface area contributed by atoms with Crippen LogP contribution in [0.5, 0.6) is 17.4 Å². The number of nitrogens with zero attached hydrogens (tertiary/aromatic N) is 7. The fourth-order valence-electron chi connectivity index (χ4n) is 9.58. The molecule has 1 saturated heterocycles. The molecule has 0 aliphatic carbocycles. The number of thiophene rings is 1. The van der Waals surface area contributed by atoms with E-state index >= 15 is 0 Å². The fraction of sp³-hybridized carbons (Fsp3) is 0.271. The van der Waals surface area contributed by atoms with Crippen LogP contribution in [0.1, 0.15) is 40.4 Å². The Morgan fingerprint density at radius 2 is 1.62 bits per heavy atom. The third-order valence-electron chi connectivity index (χ3n) is 13.7. The number of methoxy groups -OCH3 is 1. The summed E-state index contributed by atoms with van der Waals surface area (Å²) in [6, 6.07) is 34.4. The van der Waals surface area contributed by atoms with Crippen LogP contribution in [0.15, 0.2) is 128 Å². The van der Waals surface area contributed by atoms with Crippen LogP contribution in [0.25, 0.3) is 43.2 Å². The molecule has 15 nitrogen and oxygen atoms in total. The second-order valence-corrected chi connectivity index (χ2v) is 20.0. The molecule has 0 saturated carbocycles. The van der Waals surface area contributed by atoms with Crippen LogP contribution in [0, 0.1) is 12.7 Å². The number of carbonyl (C=O) groups is 3. The Labute approximate surface area is 454 Å². The smallest absolute Gasteiger partial charge is 0.410 e. The minimum atomic E-state index is -1.26. The molecule has 8 aromatic rings. The van der Waals surface area contributed by atoms with Crippen molar-refractivity contribution in [3.8, 4) is 50.3 Å². The van der Waals surface area contributed by atoms with Crippen molar-refractivity contribution in [3.05, 3.63) is 172 Å². The molecule has 77 heavy (non-hydrogen) atoms. The molecule has 0 unspecified atom stereocenters. The normalized spacial score (nSPS) is 15.0. The molecule has 4 bridgehead atoms. The Morgan fingerprint density at radius 1 is 0.831 bits per heavy atom. The van der Waals surface area contributed by atoms with E-state index < -0.39 is 12.1 Å². The van der Waals surface area contributed by atoms with Gasteiger partial charge in [0.25, 0.3) is 0 Å². The van der Waals surface area contributed by atoms with Gasteiger partial charge in [0.2, 0.25) is 17.9 Å². The molecule has 3 aromatic heterocycles. The molecule has 0 radical (unpaired) electrons. The summed E-state index contributed by atoms with van der Waals surface area (Å²) >= 11 is 8.79. The molecule has 6 heterocycles. The fourth-order valence-corrected chi connectivity index (χ4v) is 11.0. The largest absolute Gasteiger partial charge is 0.496 e. The van der Waals surface area contributed by atoms with Crippen LogP contribution < -0.4 is 14.2 Å². The molecule has 1 fully saturated rings. The molecule has 5 aromatic carbocycles. The Kier molecular flexibility index (Phi) is 16.3. The van der Waals surface area contributed by atoms with Crippen LogP contribution in [0.3, 0.4) is 0 Å². The summed E-state index contributed by atoms with van der Waals surface area (Å²) in [6.45, 7) is 7.20. The van der Waals surface area contributed by atoms with E-state index in [2.05, 4.69) is 19.9 Å². The number of esters is 1. The minimum Gasteiger partial charge on any atom is -0.496 e. The number of para-hydroxylation sites is 1. The summed E-state index contributed by atoms with van der Waals surface area (Å²) in [5.41, 5.74) is 7.06. The summed E-state index contributed by atoms with van der Waals surface area (Å²) in [5.74, 6) is 0.458. The first-order valence-corrected chi connectivity index (χ1v) is 26.5. The quantitative estimate of drug-likeness (QED) is 0.101. The van der Waals surface area contributed by atoms with E-state index in [0.29, 0.717) is 94.2 Å². The molecule has 18 heteroatoms. The van der Waals surface area contributed by atoms with Crippen molar-refractivity contribution in [3.63, 3.8) is 0 Å². The second kappa shape index (κ2) is 23.9. The average molecular weight is 1080 g/mol. The van der Waals surface area contributed by atoms with Gasteiger partial charge in [-0.1, -0.05) is 90.5 Å². The zero-order valence-electron chi connectivity index (χ0n) is 42.7. The Balaban J connectivity index is 1.01. The highest BCUT2D eigenvalue weighted by Gasteiger charge is 2.31. The lowest BCUT2D eigenvalue weighted by Crippen LogP contribution is -2.50. The standard InChI is InChI=1S/C59H55ClFN7O8S/c1-4-73-58(70)49-32-42-30-39(14-21-47(42)74-35-44-22-23-62-55(65-44)46-12-8-9-13-48(46)72-3)31-50(69)68(29-26-66-24-27-67(28-25-66)59(71)75-34-38-10-6-5-7-11-38)33-41-17-20-45(37(2)53(41)60)51-52-56(76-49)63-36-64-57(52)77-54(51)40-15-18-43(61)19-16-40/h5-23,30,36,49H,4,24-29,31-35H2,1-3H3/t49-/m1/s1. The zero-order chi connectivity index (χ0) is 53.4. The summed E-state index contributed by atoms with van der Waals surface area (Å²) in [6.07, 6.45) is 1.39. The van der Waals surface area contributed by atoms with Crippen molar-refractivity contribution in [2.75, 3.05) is 53.0 Å². The lowest BCUT2D eigenvalue weighted by atomic mass is 9.94. The van der Waals surface area contributed by atoms with Gasteiger partial charge in [0.1, 0.15) is 41.7 Å². The van der Waals surface area contributed by atoms with Crippen molar-refractivity contribution >= 4 is 51.1 Å². The minimum absolute atomic E-state index is 0.00661. The van der Waals surface area contributed by atoms with Gasteiger partial charge in [0, 0.05) is 73.9 Å². The predicted molar refractivity (Wildman–Crippen MR) is 291 cm³/mol. The Bertz CT molecular complexity index is 3430. The number of fused-ring (bicyclic) bond motifs is 7. The number of benzene rings is 5. The lowest BCUT2D eigenvalue weighted by molar-refractivity contribution is -0.151. The van der Waals surface area contributed by atoms with E-state index in [9.17, 15) is 18.8 Å². The zero-order valence-corrected chi connectivity index (χ0v) is 44.3. The van der Waals surface area contributed by atoms with Crippen LogP contribution >= 0.6 is 22.9 Å². The first-order valence-electron chi connectivity index (χ1n) is 25.3. The number of ether oxygens (including phenoxy) is 5. The number of hydrogen-bond acceptors (Lipinski definition) is 14. The maximum absolute atomic E-state index is 14.9. The topological polar surface area (TPSA) is 159 Å². The van der Waals surface area contributed by atoms with Gasteiger partial charge in [-0.05, 0) is 89.2 Å². The molecular weight excluding hydrogens is 1020 g/mol. The highest BCUT2D eigenvalue weighted by molar-refractivity contribution is 7.22. The van der Waals surface area contributed by atoms with Crippen LogP contribution in [-0.4, -0.2) is 112 Å². The number of carbonyl (C=O) groups excluding carboxylic acids is 3. The van der Waals surface area contributed by atoms with Gasteiger partial charge in [-0.25, -0.2) is 33.9 Å². The molecule has 3 aliphatic heterocycles. The van der Waals surface area contributed by atoms with E-state index in [1.165, 1.54) is 29.8 Å². The number of aromatic nitrogens is 4. The van der Waals surface area contributed by atoms with Gasteiger partial charge in [0.05, 0.1) is 36.8 Å². The monoisotopic (exact) mass is 1080 g/mol. The molecule has 0 spiro atoms. The first kappa shape index (κ1) is 52.5. The van der Waals surface area contributed by atoms with Crippen molar-refractivity contribution in [2.24, 2.45) is 0 Å². The van der Waals surface area contributed by atoms with E-state index in [0.717, 1.165) is 38.3 Å². The summed E-state index contributed by atoms with van der Waals surface area (Å²) in [5, 5.41) is 0.992. The van der Waals surface area contributed by atoms with E-state index in [1.807, 2.05) is 90.7 Å². The number of amides is 2. The SMILES string of the molecule is CCOC(=O)[C@H]1Cc2cc(ccc2OCc2ccnc(-c3ccccc3OC)n2)CC(=O)N(CCN2CCN(C(=O)OCc3ccccc3)CC2)Cc2ccc(c(C)c2Cl)-c2c(-c3ccc(F)cc3)sc3ncnc(c23)O1. The molecule has 0 N–H and O–H groups in total. The van der Waals surface area contributed by atoms with Gasteiger partial charge < -0.3 is 33.5 Å². The van der Waals surface area contributed by atoms with Gasteiger partial charge in [-0.2, -0.15) is 0 Å². The summed E-state index contributed by atoms with van der Waals surface area (Å²) in [4.78, 5) is 67.9. The van der Waals surface area contributed by atoms with Crippen molar-refractivity contribution in [1.82, 2.24) is 34.6 Å². The molecule has 2 amide bonds. The third-order valence-corrected chi connectivity index (χ3v) is 15.3. The first-order chi connectivity index (χ1) is 37.5. The highest BCUT2D eigenvalue weighted by Crippen LogP contribution is 2.49. The van der Waals surface area contributed by atoms with E-state index in [4.69, 9.17) is 40.3 Å². The second-order valence-electron chi connectivity index (χ2n) is 18.6. The van der Waals surface area contributed by atoms with Gasteiger partial charge in [0.15, 0.2) is 5.82 Å². The average Bonchev–Trinajstić information content (AvgIpc) is 3.95. The highest BCUT2D eigenvalue weighted by atomic mass is 35.5. The maximum Gasteiger partial charge on any atom is 0.410 e. The van der Waals surface area contributed by atoms with E-state index in [-0.39, 0.29) is 62.9 Å². The van der Waals surface area contributed by atoms with Crippen LogP contribution in [-0.2, 0) is 51.7 Å². The predicted octanol–water partition coefficient (Wildman–Crippen LogP) is 10.6. The number of piperazine rings is 1. The molecule has 394 valence electrons. The number of hydrogen-bond donors (Lipinski definition) is 0. The molecule has 3 aliphatic rings. The number of rotatable bonds is 13. The van der Waals surface area contributed by atoms with Crippen molar-refractivity contribution < 1.29 is 42.5 Å². The maximum atomic E-state index is 14.9. The van der Waals surface area contributed by atoms with Crippen molar-refractivity contribution in [1.29, 1.82) is 0 Å². The van der Waals surface area contributed by atoms with Crippen LogP contribution in [0.4, 0.5) is 9.18 Å². The summed E-state index contributed by atoms with van der Waals surface area (Å²) in [7, 11) is 1.59. The van der Waals surface area contributed by atoms with Gasteiger partial charge >= 0.3 is 12.1 Å². The van der Waals surface area contributed by atoms with Crippen LogP contribution in [0.2, 0.25) is 5.02 Å². The Morgan fingerprint density at radius 3 is 2.42 bits per heavy atom. The van der Waals surface area contributed by atoms with E-state index in [1.54, 1.807) is 49.4 Å². The molecule has 11 rings (SSSR count). The summed E-state index contributed by atoms with van der Waals surface area (Å²) < 4.78 is 44.7. The molecular formula is C59H55ClFN7O8S. The molecule has 1 atom stereocenters.